The summed E-state index contributed by atoms with van der Waals surface area (Å²) in [5.41, 5.74) is 2.15. The predicted octanol–water partition coefficient (Wildman–Crippen LogP) is 4.35. The number of amides is 2. The lowest BCUT2D eigenvalue weighted by molar-refractivity contribution is -0.202. The van der Waals surface area contributed by atoms with Crippen molar-refractivity contribution in [2.24, 2.45) is 0 Å². The Kier molecular flexibility index (Phi) is 10.1. The molecule has 10 heteroatoms. The Hall–Kier alpha value is -5.64. The number of β-lactam (4-membered cyclic amide) rings is 1. The van der Waals surface area contributed by atoms with Gasteiger partial charge in [0.25, 0.3) is 11.8 Å². The maximum Gasteiger partial charge on any atom is 0.334 e. The molecule has 1 unspecified atom stereocenters. The van der Waals surface area contributed by atoms with E-state index in [4.69, 9.17) is 18.9 Å². The Balaban J connectivity index is 1.34. The second-order valence-corrected chi connectivity index (χ2v) is 10.2. The second-order valence-electron chi connectivity index (χ2n) is 10.2. The van der Waals surface area contributed by atoms with Crippen molar-refractivity contribution in [3.8, 4) is 11.5 Å². The van der Waals surface area contributed by atoms with E-state index in [1.807, 2.05) is 54.6 Å². The zero-order chi connectivity index (χ0) is 31.6. The van der Waals surface area contributed by atoms with Crippen LogP contribution in [0.3, 0.4) is 0 Å². The van der Waals surface area contributed by atoms with Crippen molar-refractivity contribution < 1.29 is 38.1 Å². The van der Waals surface area contributed by atoms with Crippen LogP contribution in [-0.4, -0.2) is 47.5 Å². The number of carbonyl (C=O) groups excluding carboxylic acids is 4. The van der Waals surface area contributed by atoms with E-state index in [0.29, 0.717) is 23.7 Å². The first-order chi connectivity index (χ1) is 21.9. The zero-order valence-electron chi connectivity index (χ0n) is 24.5. The highest BCUT2D eigenvalue weighted by Crippen LogP contribution is 2.35. The van der Waals surface area contributed by atoms with Gasteiger partial charge in [-0.15, -0.1) is 0 Å². The molecular formula is C35H32N2O8. The zero-order valence-corrected chi connectivity index (χ0v) is 24.5. The van der Waals surface area contributed by atoms with E-state index < -0.39 is 42.1 Å². The monoisotopic (exact) mass is 608 g/mol. The van der Waals surface area contributed by atoms with Crippen LogP contribution in [0.4, 0.5) is 0 Å². The van der Waals surface area contributed by atoms with Gasteiger partial charge in [-0.1, -0.05) is 91.0 Å². The fourth-order valence-corrected chi connectivity index (χ4v) is 4.77. The van der Waals surface area contributed by atoms with E-state index in [0.717, 1.165) is 16.0 Å². The third-order valence-electron chi connectivity index (χ3n) is 6.97. The number of para-hydroxylation sites is 1. The van der Waals surface area contributed by atoms with E-state index >= 15 is 0 Å². The number of carbonyl (C=O) groups is 4. The SMILES string of the molecule is CC(=O)O[C@H]1[C@H](NC(=O)COc2ccccc2)C(=O)N1C(C(=O)OCc1ccccc1)c1ccc(OCc2ccccc2)cc1. The first kappa shape index (κ1) is 30.8. The average molecular weight is 609 g/mol. The molecule has 4 aromatic carbocycles. The number of hydrogen-bond acceptors (Lipinski definition) is 8. The number of benzene rings is 4. The summed E-state index contributed by atoms with van der Waals surface area (Å²) in [6, 6.07) is 31.6. The summed E-state index contributed by atoms with van der Waals surface area (Å²) in [6.07, 6.45) is -1.26. The minimum absolute atomic E-state index is 0.0360. The van der Waals surface area contributed by atoms with Crippen molar-refractivity contribution in [3.63, 3.8) is 0 Å². The molecular weight excluding hydrogens is 576 g/mol. The molecule has 1 aliphatic heterocycles. The highest BCUT2D eigenvalue weighted by Gasteiger charge is 2.56. The molecule has 45 heavy (non-hydrogen) atoms. The van der Waals surface area contributed by atoms with Crippen molar-refractivity contribution in [2.75, 3.05) is 6.61 Å². The van der Waals surface area contributed by atoms with Crippen LogP contribution >= 0.6 is 0 Å². The van der Waals surface area contributed by atoms with Gasteiger partial charge in [0.15, 0.2) is 18.7 Å². The minimum atomic E-state index is -1.28. The van der Waals surface area contributed by atoms with Gasteiger partial charge >= 0.3 is 11.9 Å². The van der Waals surface area contributed by atoms with Gasteiger partial charge in [0.1, 0.15) is 24.7 Å². The fourth-order valence-electron chi connectivity index (χ4n) is 4.77. The van der Waals surface area contributed by atoms with Crippen LogP contribution in [0.15, 0.2) is 115 Å². The number of ether oxygens (including phenoxy) is 4. The maximum atomic E-state index is 13.6. The van der Waals surface area contributed by atoms with Gasteiger partial charge in [0, 0.05) is 6.92 Å². The molecule has 3 atom stereocenters. The molecule has 230 valence electrons. The van der Waals surface area contributed by atoms with Gasteiger partial charge in [-0.05, 0) is 41.0 Å². The van der Waals surface area contributed by atoms with Crippen LogP contribution in [0.2, 0.25) is 0 Å². The number of likely N-dealkylation sites (tertiary alicyclic amines) is 1. The summed E-state index contributed by atoms with van der Waals surface area (Å²) >= 11 is 0. The molecule has 0 spiro atoms. The molecule has 1 aliphatic rings. The Morgan fingerprint density at radius 2 is 1.29 bits per heavy atom. The molecule has 4 aromatic rings. The standard InChI is InChI=1S/C35H32N2O8/c1-24(38)45-34-31(36-30(39)23-43-28-15-9-4-10-16-28)33(40)37(34)32(35(41)44-22-26-13-7-3-8-14-26)27-17-19-29(20-18-27)42-21-25-11-5-2-6-12-25/h2-20,31-32,34H,21-23H2,1H3,(H,36,39)/t31-,32?,34+/m1/s1. The molecule has 0 aromatic heterocycles. The summed E-state index contributed by atoms with van der Waals surface area (Å²) in [4.78, 5) is 53.0. The van der Waals surface area contributed by atoms with Gasteiger partial charge in [0.2, 0.25) is 6.23 Å². The lowest BCUT2D eigenvalue weighted by atomic mass is 9.96. The Morgan fingerprint density at radius 3 is 1.89 bits per heavy atom. The van der Waals surface area contributed by atoms with E-state index in [2.05, 4.69) is 5.32 Å². The van der Waals surface area contributed by atoms with Gasteiger partial charge in [0.05, 0.1) is 0 Å². The lowest BCUT2D eigenvalue weighted by Gasteiger charge is -2.48. The average Bonchev–Trinajstić information content (AvgIpc) is 3.07. The third-order valence-corrected chi connectivity index (χ3v) is 6.97. The normalized spacial score (nSPS) is 16.1. The van der Waals surface area contributed by atoms with Crippen LogP contribution in [0.5, 0.6) is 11.5 Å². The molecule has 1 saturated heterocycles. The van der Waals surface area contributed by atoms with Crippen molar-refractivity contribution in [1.82, 2.24) is 10.2 Å². The Bertz CT molecular complexity index is 1600. The lowest BCUT2D eigenvalue weighted by Crippen LogP contribution is -2.73. The van der Waals surface area contributed by atoms with Gasteiger partial charge in [-0.3, -0.25) is 19.3 Å². The van der Waals surface area contributed by atoms with Crippen LogP contribution in [0.25, 0.3) is 0 Å². The molecule has 10 nitrogen and oxygen atoms in total. The van der Waals surface area contributed by atoms with Crippen LogP contribution in [-0.2, 0) is 41.9 Å². The minimum Gasteiger partial charge on any atom is -0.489 e. The van der Waals surface area contributed by atoms with Crippen molar-refractivity contribution in [2.45, 2.75) is 38.4 Å². The molecule has 0 radical (unpaired) electrons. The maximum absolute atomic E-state index is 13.6. The van der Waals surface area contributed by atoms with Crippen molar-refractivity contribution in [3.05, 3.63) is 132 Å². The van der Waals surface area contributed by atoms with Crippen molar-refractivity contribution >= 4 is 23.8 Å². The third kappa shape index (κ3) is 8.05. The summed E-state index contributed by atoms with van der Waals surface area (Å²) in [6.45, 7) is 1.12. The van der Waals surface area contributed by atoms with E-state index in [-0.39, 0.29) is 13.2 Å². The molecule has 5 rings (SSSR count). The number of rotatable bonds is 13. The predicted molar refractivity (Wildman–Crippen MR) is 162 cm³/mol. The second kappa shape index (κ2) is 14.7. The molecule has 0 aliphatic carbocycles. The van der Waals surface area contributed by atoms with Gasteiger partial charge in [-0.25, -0.2) is 4.79 Å². The van der Waals surface area contributed by atoms with Crippen LogP contribution in [0.1, 0.15) is 29.7 Å². The van der Waals surface area contributed by atoms with Gasteiger partial charge < -0.3 is 24.3 Å². The number of nitrogens with one attached hydrogen (secondary N) is 1. The Labute approximate surface area is 260 Å². The smallest absolute Gasteiger partial charge is 0.334 e. The van der Waals surface area contributed by atoms with Crippen molar-refractivity contribution in [1.29, 1.82) is 0 Å². The molecule has 2 amide bonds. The van der Waals surface area contributed by atoms with E-state index in [9.17, 15) is 19.2 Å². The van der Waals surface area contributed by atoms with Crippen LogP contribution < -0.4 is 14.8 Å². The summed E-state index contributed by atoms with van der Waals surface area (Å²) < 4.78 is 22.4. The van der Waals surface area contributed by atoms with E-state index in [1.165, 1.54) is 6.92 Å². The Morgan fingerprint density at radius 1 is 0.733 bits per heavy atom. The number of nitrogens with zero attached hydrogens (tertiary/aromatic N) is 1. The number of hydrogen-bond donors (Lipinski definition) is 1. The van der Waals surface area contributed by atoms with E-state index in [1.54, 1.807) is 60.7 Å². The molecule has 0 saturated carbocycles. The molecule has 1 heterocycles. The van der Waals surface area contributed by atoms with Crippen LogP contribution in [0, 0.1) is 0 Å². The first-order valence-electron chi connectivity index (χ1n) is 14.3. The topological polar surface area (TPSA) is 120 Å². The fraction of sp³-hybridized carbons (Fsp3) is 0.200. The van der Waals surface area contributed by atoms with Gasteiger partial charge in [-0.2, -0.15) is 0 Å². The highest BCUT2D eigenvalue weighted by atomic mass is 16.6. The first-order valence-corrected chi connectivity index (χ1v) is 14.3. The number of esters is 2. The summed E-state index contributed by atoms with van der Waals surface area (Å²) in [5, 5.41) is 2.56. The molecule has 0 bridgehead atoms. The highest BCUT2D eigenvalue weighted by molar-refractivity contribution is 5.97. The molecule has 1 fully saturated rings. The molecule has 1 N–H and O–H groups in total. The summed E-state index contributed by atoms with van der Waals surface area (Å²) in [7, 11) is 0. The quantitative estimate of drug-likeness (QED) is 0.176. The largest absolute Gasteiger partial charge is 0.489 e. The summed E-state index contributed by atoms with van der Waals surface area (Å²) in [5.74, 6) is -1.63.